The highest BCUT2D eigenvalue weighted by molar-refractivity contribution is 6.30. The maximum atomic E-state index is 5.84. The van der Waals surface area contributed by atoms with E-state index >= 15 is 0 Å². The summed E-state index contributed by atoms with van der Waals surface area (Å²) in [4.78, 5) is 1.61. The highest BCUT2D eigenvalue weighted by Gasteiger charge is 2.20. The number of nitrogens with one attached hydrogen (secondary N) is 1. The number of quaternary nitrogens is 1. The lowest BCUT2D eigenvalue weighted by Crippen LogP contribution is -3.13. The Morgan fingerprint density at radius 3 is 2.50 bits per heavy atom. The van der Waals surface area contributed by atoms with E-state index in [1.54, 1.807) is 4.90 Å². The highest BCUT2D eigenvalue weighted by Crippen LogP contribution is 2.16. The van der Waals surface area contributed by atoms with Crippen molar-refractivity contribution in [3.63, 3.8) is 0 Å². The van der Waals surface area contributed by atoms with Gasteiger partial charge in [-0.15, -0.1) is 0 Å². The van der Waals surface area contributed by atoms with Gasteiger partial charge in [-0.2, -0.15) is 0 Å². The summed E-state index contributed by atoms with van der Waals surface area (Å²) in [5.74, 6) is 0.913. The van der Waals surface area contributed by atoms with Crippen LogP contribution in [0.1, 0.15) is 32.1 Å². The normalized spacial score (nSPS) is 18.6. The van der Waals surface area contributed by atoms with Crippen LogP contribution >= 0.6 is 11.6 Å². The van der Waals surface area contributed by atoms with Gasteiger partial charge in [-0.25, -0.2) is 0 Å². The lowest BCUT2D eigenvalue weighted by Gasteiger charge is -2.28. The van der Waals surface area contributed by atoms with E-state index in [0.717, 1.165) is 30.0 Å². The maximum Gasteiger partial charge on any atom is 0.137 e. The van der Waals surface area contributed by atoms with Crippen molar-refractivity contribution in [1.82, 2.24) is 0 Å². The molecule has 18 heavy (non-hydrogen) atoms. The summed E-state index contributed by atoms with van der Waals surface area (Å²) in [6, 6.07) is 8.44. The van der Waals surface area contributed by atoms with Crippen LogP contribution in [0.3, 0.4) is 0 Å². The van der Waals surface area contributed by atoms with Crippen LogP contribution in [0.2, 0.25) is 5.02 Å². The molecule has 0 aliphatic heterocycles. The van der Waals surface area contributed by atoms with Crippen molar-refractivity contribution in [2.45, 2.75) is 38.1 Å². The van der Waals surface area contributed by atoms with Crippen molar-refractivity contribution in [3.05, 3.63) is 29.3 Å². The van der Waals surface area contributed by atoms with E-state index in [1.807, 2.05) is 24.3 Å². The molecule has 0 spiro atoms. The minimum Gasteiger partial charge on any atom is -0.488 e. The largest absolute Gasteiger partial charge is 0.488 e. The van der Waals surface area contributed by atoms with Crippen LogP contribution in [-0.4, -0.2) is 26.2 Å². The van der Waals surface area contributed by atoms with Crippen molar-refractivity contribution >= 4 is 11.6 Å². The second-order valence-corrected chi connectivity index (χ2v) is 5.67. The van der Waals surface area contributed by atoms with Gasteiger partial charge < -0.3 is 9.64 Å². The van der Waals surface area contributed by atoms with Crippen molar-refractivity contribution in [3.8, 4) is 5.75 Å². The van der Waals surface area contributed by atoms with Crippen LogP contribution in [-0.2, 0) is 0 Å². The number of hydrogen-bond donors (Lipinski definition) is 1. The molecule has 0 bridgehead atoms. The number of ether oxygens (including phenoxy) is 1. The molecule has 1 saturated carbocycles. The van der Waals surface area contributed by atoms with Gasteiger partial charge in [0.25, 0.3) is 0 Å². The standard InChI is InChI=1S/C15H22ClNO/c1-17(14-5-3-2-4-6-14)11-12-18-15-9-7-13(16)8-10-15/h7-10,14H,2-6,11-12H2,1H3/p+1. The fraction of sp³-hybridized carbons (Fsp3) is 0.600. The third kappa shape index (κ3) is 4.18. The van der Waals surface area contributed by atoms with Gasteiger partial charge in [0.1, 0.15) is 18.9 Å². The Bertz CT molecular complexity index is 346. The minimum absolute atomic E-state index is 0.757. The van der Waals surface area contributed by atoms with E-state index in [-0.39, 0.29) is 0 Å². The van der Waals surface area contributed by atoms with E-state index in [1.165, 1.54) is 32.1 Å². The third-order valence-corrected chi connectivity index (χ3v) is 4.13. The molecule has 1 fully saturated rings. The summed E-state index contributed by atoms with van der Waals surface area (Å²) in [5.41, 5.74) is 0. The molecule has 0 aromatic heterocycles. The van der Waals surface area contributed by atoms with Crippen molar-refractivity contribution < 1.29 is 9.64 Å². The van der Waals surface area contributed by atoms with E-state index in [4.69, 9.17) is 16.3 Å². The van der Waals surface area contributed by atoms with Gasteiger partial charge in [0, 0.05) is 5.02 Å². The highest BCUT2D eigenvalue weighted by atomic mass is 35.5. The minimum atomic E-state index is 0.757. The first kappa shape index (κ1) is 13.7. The summed E-state index contributed by atoms with van der Waals surface area (Å²) < 4.78 is 5.74. The number of hydrogen-bond acceptors (Lipinski definition) is 1. The molecule has 2 rings (SSSR count). The number of benzene rings is 1. The molecule has 2 nitrogen and oxygen atoms in total. The molecule has 0 heterocycles. The van der Waals surface area contributed by atoms with Gasteiger partial charge in [0.05, 0.1) is 13.1 Å². The summed E-state index contributed by atoms with van der Waals surface area (Å²) in [6.45, 7) is 1.86. The van der Waals surface area contributed by atoms with Crippen LogP contribution in [0.25, 0.3) is 0 Å². The Kier molecular flexibility index (Phi) is 5.33. The second kappa shape index (κ2) is 7.01. The lowest BCUT2D eigenvalue weighted by molar-refractivity contribution is -0.907. The summed E-state index contributed by atoms with van der Waals surface area (Å²) in [6.07, 6.45) is 6.99. The first-order chi connectivity index (χ1) is 8.75. The molecular weight excluding hydrogens is 246 g/mol. The molecule has 0 saturated heterocycles. The Hall–Kier alpha value is -0.730. The van der Waals surface area contributed by atoms with Gasteiger partial charge in [-0.05, 0) is 49.9 Å². The fourth-order valence-corrected chi connectivity index (χ4v) is 2.79. The van der Waals surface area contributed by atoms with Gasteiger partial charge in [-0.3, -0.25) is 0 Å². The van der Waals surface area contributed by atoms with E-state index in [0.29, 0.717) is 0 Å². The Labute approximate surface area is 115 Å². The molecule has 0 radical (unpaired) electrons. The predicted octanol–water partition coefficient (Wildman–Crippen LogP) is 2.57. The molecule has 1 atom stereocenters. The average Bonchev–Trinajstić information content (AvgIpc) is 2.42. The predicted molar refractivity (Wildman–Crippen MR) is 75.6 cm³/mol. The van der Waals surface area contributed by atoms with E-state index in [2.05, 4.69) is 7.05 Å². The molecule has 1 unspecified atom stereocenters. The summed E-state index contributed by atoms with van der Waals surface area (Å²) >= 11 is 5.84. The van der Waals surface area contributed by atoms with Gasteiger partial charge in [-0.1, -0.05) is 18.0 Å². The average molecular weight is 269 g/mol. The Balaban J connectivity index is 1.69. The number of rotatable bonds is 5. The summed E-state index contributed by atoms with van der Waals surface area (Å²) in [7, 11) is 2.29. The first-order valence-corrected chi connectivity index (χ1v) is 7.34. The smallest absolute Gasteiger partial charge is 0.137 e. The molecule has 3 heteroatoms. The van der Waals surface area contributed by atoms with Gasteiger partial charge in [0.2, 0.25) is 0 Å². The van der Waals surface area contributed by atoms with Crippen LogP contribution in [0.4, 0.5) is 0 Å². The topological polar surface area (TPSA) is 13.7 Å². The quantitative estimate of drug-likeness (QED) is 0.867. The SMILES string of the molecule is C[NH+](CCOc1ccc(Cl)cc1)C1CCCCC1. The zero-order valence-corrected chi connectivity index (χ0v) is 11.9. The molecule has 1 aromatic rings. The lowest BCUT2D eigenvalue weighted by atomic mass is 9.94. The molecule has 1 aliphatic carbocycles. The van der Waals surface area contributed by atoms with Crippen LogP contribution < -0.4 is 9.64 Å². The van der Waals surface area contributed by atoms with Crippen molar-refractivity contribution in [2.24, 2.45) is 0 Å². The van der Waals surface area contributed by atoms with E-state index in [9.17, 15) is 0 Å². The molecule has 1 aromatic carbocycles. The van der Waals surface area contributed by atoms with Crippen molar-refractivity contribution in [1.29, 1.82) is 0 Å². The van der Waals surface area contributed by atoms with Crippen LogP contribution in [0.5, 0.6) is 5.75 Å². The Morgan fingerprint density at radius 2 is 1.83 bits per heavy atom. The fourth-order valence-electron chi connectivity index (χ4n) is 2.66. The Morgan fingerprint density at radius 1 is 1.17 bits per heavy atom. The van der Waals surface area contributed by atoms with Crippen molar-refractivity contribution in [2.75, 3.05) is 20.2 Å². The number of likely N-dealkylation sites (N-methyl/N-ethyl adjacent to an activating group) is 1. The zero-order chi connectivity index (χ0) is 12.8. The molecule has 1 aliphatic rings. The first-order valence-electron chi connectivity index (χ1n) is 6.96. The monoisotopic (exact) mass is 268 g/mol. The van der Waals surface area contributed by atoms with Crippen LogP contribution in [0.15, 0.2) is 24.3 Å². The molecule has 0 amide bonds. The molecule has 1 N–H and O–H groups in total. The van der Waals surface area contributed by atoms with Crippen LogP contribution in [0, 0.1) is 0 Å². The third-order valence-electron chi connectivity index (χ3n) is 3.88. The van der Waals surface area contributed by atoms with E-state index < -0.39 is 0 Å². The maximum absolute atomic E-state index is 5.84. The molecule has 100 valence electrons. The molecular formula is C15H23ClNO+. The van der Waals surface area contributed by atoms with Gasteiger partial charge >= 0.3 is 0 Å². The summed E-state index contributed by atoms with van der Waals surface area (Å²) in [5, 5.41) is 0.757. The second-order valence-electron chi connectivity index (χ2n) is 5.23. The van der Waals surface area contributed by atoms with Gasteiger partial charge in [0.15, 0.2) is 0 Å². The number of halogens is 1. The zero-order valence-electron chi connectivity index (χ0n) is 11.1.